The molecule has 3 heterocycles. The lowest BCUT2D eigenvalue weighted by molar-refractivity contribution is -0.122. The topological polar surface area (TPSA) is 74.5 Å². The molecule has 7 nitrogen and oxygen atoms in total. The zero-order chi connectivity index (χ0) is 20.3. The predicted octanol–water partition coefficient (Wildman–Crippen LogP) is 3.21. The lowest BCUT2D eigenvalue weighted by Crippen LogP contribution is -2.47. The van der Waals surface area contributed by atoms with Gasteiger partial charge in [0.15, 0.2) is 11.4 Å². The van der Waals surface area contributed by atoms with E-state index in [9.17, 15) is 4.79 Å². The van der Waals surface area contributed by atoms with E-state index in [-0.39, 0.29) is 5.91 Å². The minimum Gasteiger partial charge on any atom is -0.354 e. The van der Waals surface area contributed by atoms with Gasteiger partial charge in [0.25, 0.3) is 0 Å². The summed E-state index contributed by atoms with van der Waals surface area (Å²) < 4.78 is 5.44. The fourth-order valence-electron chi connectivity index (χ4n) is 5.01. The zero-order valence-electron chi connectivity index (χ0n) is 17.8. The average Bonchev–Trinajstić information content (AvgIpc) is 3.48. The zero-order valence-corrected chi connectivity index (χ0v) is 17.8. The Kier molecular flexibility index (Phi) is 5.88. The van der Waals surface area contributed by atoms with E-state index in [1.807, 2.05) is 12.3 Å². The van der Waals surface area contributed by atoms with Gasteiger partial charge in [-0.3, -0.25) is 14.7 Å². The number of pyridine rings is 1. The van der Waals surface area contributed by atoms with Gasteiger partial charge in [-0.1, -0.05) is 5.16 Å². The lowest BCUT2D eigenvalue weighted by atomic mass is 9.84. The number of nitrogens with zero attached hydrogens (tertiary/aromatic N) is 4. The van der Waals surface area contributed by atoms with Crippen LogP contribution < -0.4 is 10.2 Å². The van der Waals surface area contributed by atoms with Crippen molar-refractivity contribution < 1.29 is 9.32 Å². The largest absolute Gasteiger partial charge is 0.354 e. The summed E-state index contributed by atoms with van der Waals surface area (Å²) in [5, 5.41) is 8.55. The van der Waals surface area contributed by atoms with Crippen molar-refractivity contribution >= 4 is 22.7 Å². The van der Waals surface area contributed by atoms with E-state index < -0.39 is 0 Å². The highest BCUT2D eigenvalue weighted by Gasteiger charge is 2.28. The molecule has 2 aliphatic carbocycles. The number of piperazine rings is 1. The summed E-state index contributed by atoms with van der Waals surface area (Å²) in [6, 6.07) is 2.29. The van der Waals surface area contributed by atoms with E-state index in [1.165, 1.54) is 38.6 Å². The minimum absolute atomic E-state index is 0.287. The highest BCUT2D eigenvalue weighted by atomic mass is 16.5. The predicted molar refractivity (Wildman–Crippen MR) is 116 cm³/mol. The first-order valence-electron chi connectivity index (χ1n) is 11.7. The standard InChI is InChI=1S/C23H33N5O2/c29-22(15-18-1-2-18)25-19-5-3-17(4-6-19)8-10-27-11-13-28(14-12-27)23-20-16-24-9-7-21(20)30-26-23/h7,9,16-19H,1-6,8,10-15H2,(H,25,29). The van der Waals surface area contributed by atoms with Crippen LogP contribution in [0.1, 0.15) is 51.4 Å². The molecule has 1 saturated heterocycles. The van der Waals surface area contributed by atoms with Gasteiger partial charge in [0.05, 0.1) is 5.39 Å². The Hall–Kier alpha value is -2.15. The third-order valence-electron chi connectivity index (χ3n) is 7.16. The molecule has 1 amide bonds. The molecule has 3 aliphatic rings. The van der Waals surface area contributed by atoms with Crippen LogP contribution in [-0.2, 0) is 4.79 Å². The van der Waals surface area contributed by atoms with E-state index in [0.29, 0.717) is 12.0 Å². The van der Waals surface area contributed by atoms with Crippen molar-refractivity contribution in [3.05, 3.63) is 18.5 Å². The molecule has 2 aromatic heterocycles. The summed E-state index contributed by atoms with van der Waals surface area (Å²) in [5.74, 6) is 2.71. The molecule has 0 atom stereocenters. The van der Waals surface area contributed by atoms with Crippen LogP contribution in [0.15, 0.2) is 23.0 Å². The van der Waals surface area contributed by atoms with Crippen LogP contribution in [-0.4, -0.2) is 59.7 Å². The fourth-order valence-corrected chi connectivity index (χ4v) is 5.01. The van der Waals surface area contributed by atoms with Crippen LogP contribution in [0.5, 0.6) is 0 Å². The number of anilines is 1. The van der Waals surface area contributed by atoms with Gasteiger partial charge in [-0.05, 0) is 63.3 Å². The molecular weight excluding hydrogens is 378 g/mol. The van der Waals surface area contributed by atoms with Gasteiger partial charge < -0.3 is 14.7 Å². The molecule has 162 valence electrons. The molecular formula is C23H33N5O2. The molecule has 0 aromatic carbocycles. The summed E-state index contributed by atoms with van der Waals surface area (Å²) in [6.45, 7) is 5.29. The molecule has 0 spiro atoms. The molecule has 7 heteroatoms. The Morgan fingerprint density at radius 3 is 2.60 bits per heavy atom. The van der Waals surface area contributed by atoms with Gasteiger partial charge in [-0.15, -0.1) is 0 Å². The number of carbonyl (C=O) groups excluding carboxylic acids is 1. The number of amides is 1. The monoisotopic (exact) mass is 411 g/mol. The first-order chi connectivity index (χ1) is 14.7. The van der Waals surface area contributed by atoms with E-state index in [0.717, 1.165) is 68.1 Å². The summed E-state index contributed by atoms with van der Waals surface area (Å²) in [4.78, 5) is 21.1. The van der Waals surface area contributed by atoms with Gasteiger partial charge in [0, 0.05) is 57.1 Å². The van der Waals surface area contributed by atoms with Gasteiger partial charge in [-0.2, -0.15) is 0 Å². The number of aromatic nitrogens is 2. The van der Waals surface area contributed by atoms with Crippen molar-refractivity contribution in [3.8, 4) is 0 Å². The molecule has 30 heavy (non-hydrogen) atoms. The Morgan fingerprint density at radius 1 is 1.07 bits per heavy atom. The number of fused-ring (bicyclic) bond motifs is 1. The maximum absolute atomic E-state index is 12.0. The van der Waals surface area contributed by atoms with Crippen molar-refractivity contribution in [2.24, 2.45) is 11.8 Å². The number of nitrogens with one attached hydrogen (secondary N) is 1. The molecule has 2 saturated carbocycles. The average molecular weight is 412 g/mol. The van der Waals surface area contributed by atoms with Crippen molar-refractivity contribution in [2.45, 2.75) is 57.4 Å². The first kappa shape index (κ1) is 19.8. The third-order valence-corrected chi connectivity index (χ3v) is 7.16. The highest BCUT2D eigenvalue weighted by molar-refractivity contribution is 5.87. The summed E-state index contributed by atoms with van der Waals surface area (Å²) >= 11 is 0. The van der Waals surface area contributed by atoms with Crippen molar-refractivity contribution in [3.63, 3.8) is 0 Å². The van der Waals surface area contributed by atoms with Crippen molar-refractivity contribution in [2.75, 3.05) is 37.6 Å². The summed E-state index contributed by atoms with van der Waals surface area (Å²) in [7, 11) is 0. The molecule has 1 N–H and O–H groups in total. The molecule has 1 aliphatic heterocycles. The van der Waals surface area contributed by atoms with Crippen molar-refractivity contribution in [1.82, 2.24) is 20.4 Å². The lowest BCUT2D eigenvalue weighted by Gasteiger charge is -2.36. The fraction of sp³-hybridized carbons (Fsp3) is 0.696. The second-order valence-corrected chi connectivity index (χ2v) is 9.43. The van der Waals surface area contributed by atoms with Crippen LogP contribution in [0.2, 0.25) is 0 Å². The van der Waals surface area contributed by atoms with E-state index >= 15 is 0 Å². The molecule has 2 aromatic rings. The smallest absolute Gasteiger partial charge is 0.220 e. The maximum atomic E-state index is 12.0. The van der Waals surface area contributed by atoms with Crippen LogP contribution in [0.4, 0.5) is 5.82 Å². The first-order valence-corrected chi connectivity index (χ1v) is 11.7. The van der Waals surface area contributed by atoms with Crippen LogP contribution in [0, 0.1) is 11.8 Å². The van der Waals surface area contributed by atoms with Gasteiger partial charge >= 0.3 is 0 Å². The van der Waals surface area contributed by atoms with Crippen LogP contribution in [0.3, 0.4) is 0 Å². The number of hydrogen-bond acceptors (Lipinski definition) is 6. The Balaban J connectivity index is 1.01. The maximum Gasteiger partial charge on any atom is 0.220 e. The third kappa shape index (κ3) is 4.77. The van der Waals surface area contributed by atoms with Crippen LogP contribution in [0.25, 0.3) is 11.0 Å². The Morgan fingerprint density at radius 2 is 1.83 bits per heavy atom. The Bertz CT molecular complexity index is 848. The molecule has 3 fully saturated rings. The molecule has 0 unspecified atom stereocenters. The van der Waals surface area contributed by atoms with Gasteiger partial charge in [-0.25, -0.2) is 0 Å². The second-order valence-electron chi connectivity index (χ2n) is 9.43. The SMILES string of the molecule is O=C(CC1CC1)NC1CCC(CCN2CCN(c3noc4ccncc34)CC2)CC1. The van der Waals surface area contributed by atoms with Gasteiger partial charge in [0.2, 0.25) is 5.91 Å². The van der Waals surface area contributed by atoms with Gasteiger partial charge in [0.1, 0.15) is 0 Å². The number of hydrogen-bond donors (Lipinski definition) is 1. The number of carbonyl (C=O) groups is 1. The minimum atomic E-state index is 0.287. The van der Waals surface area contributed by atoms with Crippen molar-refractivity contribution in [1.29, 1.82) is 0 Å². The number of rotatable bonds is 7. The quantitative estimate of drug-likeness (QED) is 0.754. The summed E-state index contributed by atoms with van der Waals surface area (Å²) in [6.07, 6.45) is 12.9. The van der Waals surface area contributed by atoms with E-state index in [2.05, 4.69) is 25.3 Å². The molecule has 0 radical (unpaired) electrons. The highest BCUT2D eigenvalue weighted by Crippen LogP contribution is 2.33. The molecule has 5 rings (SSSR count). The molecule has 0 bridgehead atoms. The van der Waals surface area contributed by atoms with Crippen LogP contribution >= 0.6 is 0 Å². The van der Waals surface area contributed by atoms with E-state index in [1.54, 1.807) is 6.20 Å². The normalized spacial score (nSPS) is 25.5. The Labute approximate surface area is 178 Å². The summed E-state index contributed by atoms with van der Waals surface area (Å²) in [5.41, 5.74) is 0.807. The second kappa shape index (κ2) is 8.92. The van der Waals surface area contributed by atoms with E-state index in [4.69, 9.17) is 4.52 Å².